The highest BCUT2D eigenvalue weighted by atomic mass is 19.1. The van der Waals surface area contributed by atoms with E-state index in [-0.39, 0.29) is 23.8 Å². The molecule has 2 aliphatic rings. The molecule has 2 aliphatic heterocycles. The van der Waals surface area contributed by atoms with Crippen molar-refractivity contribution in [2.24, 2.45) is 0 Å². The number of hydrogen-bond donors (Lipinski definition) is 2. The van der Waals surface area contributed by atoms with Gasteiger partial charge in [0.25, 0.3) is 5.91 Å². The molecule has 2 atom stereocenters. The molecule has 6 rings (SSSR count). The lowest BCUT2D eigenvalue weighted by atomic mass is 10.0. The van der Waals surface area contributed by atoms with Crippen molar-refractivity contribution in [3.8, 4) is 22.8 Å². The first kappa shape index (κ1) is 22.1. The van der Waals surface area contributed by atoms with E-state index in [0.717, 1.165) is 16.5 Å². The Labute approximate surface area is 206 Å². The fourth-order valence-corrected chi connectivity index (χ4v) is 4.82. The number of halogens is 1. The van der Waals surface area contributed by atoms with Crippen LogP contribution in [0.1, 0.15) is 29.9 Å². The van der Waals surface area contributed by atoms with Gasteiger partial charge < -0.3 is 20.1 Å². The molecule has 4 aromatic rings. The zero-order chi connectivity index (χ0) is 24.8. The summed E-state index contributed by atoms with van der Waals surface area (Å²) < 4.78 is 27.7. The van der Waals surface area contributed by atoms with Gasteiger partial charge in [0.2, 0.25) is 0 Å². The highest BCUT2D eigenvalue weighted by Crippen LogP contribution is 2.41. The van der Waals surface area contributed by atoms with E-state index in [1.807, 2.05) is 43.3 Å². The summed E-state index contributed by atoms with van der Waals surface area (Å²) in [5, 5.41) is 12.0. The van der Waals surface area contributed by atoms with Crippen LogP contribution in [0.2, 0.25) is 0 Å². The standard InChI is InChI=1S/C27H24FN5O3/c1-15-5-3-6-16-14-30-27(34)25-24(31-22-8-4-7-20(28)26(22)35-2)23(32-33(16)25)18-11-12-29-21-10-9-17(36-15)13-19(18)21/h3-5,7-13,15-16,31H,6,14H2,1-2H3,(H,30,34)/b5-3-/t15-,16-/m1/s1. The Hall–Kier alpha value is -4.40. The summed E-state index contributed by atoms with van der Waals surface area (Å²) in [5.74, 6) is -0.00655. The van der Waals surface area contributed by atoms with E-state index in [2.05, 4.69) is 15.6 Å². The van der Waals surface area contributed by atoms with Crippen LogP contribution in [0.5, 0.6) is 11.5 Å². The number of methoxy groups -OCH3 is 1. The van der Waals surface area contributed by atoms with Gasteiger partial charge >= 0.3 is 0 Å². The number of nitrogens with zero attached hydrogens (tertiary/aromatic N) is 3. The first-order valence-corrected chi connectivity index (χ1v) is 11.8. The lowest BCUT2D eigenvalue weighted by Gasteiger charge is -2.25. The van der Waals surface area contributed by atoms with Crippen LogP contribution in [0.25, 0.3) is 22.2 Å². The molecule has 0 saturated carbocycles. The maximum atomic E-state index is 14.5. The molecule has 36 heavy (non-hydrogen) atoms. The van der Waals surface area contributed by atoms with Crippen molar-refractivity contribution in [3.05, 3.63) is 72.3 Å². The maximum Gasteiger partial charge on any atom is 0.271 e. The molecule has 2 N–H and O–H groups in total. The van der Waals surface area contributed by atoms with Crippen LogP contribution < -0.4 is 20.1 Å². The first-order chi connectivity index (χ1) is 17.5. The van der Waals surface area contributed by atoms with Gasteiger partial charge in [0.05, 0.1) is 30.0 Å². The Balaban J connectivity index is 1.64. The molecule has 9 heteroatoms. The van der Waals surface area contributed by atoms with E-state index in [9.17, 15) is 9.18 Å². The van der Waals surface area contributed by atoms with Crippen LogP contribution >= 0.6 is 0 Å². The van der Waals surface area contributed by atoms with Gasteiger partial charge in [-0.2, -0.15) is 5.10 Å². The number of allylic oxidation sites excluding steroid dienone is 1. The Kier molecular flexibility index (Phi) is 5.32. The van der Waals surface area contributed by atoms with Crippen molar-refractivity contribution in [2.45, 2.75) is 25.5 Å². The first-order valence-electron chi connectivity index (χ1n) is 11.8. The molecule has 0 fully saturated rings. The van der Waals surface area contributed by atoms with Crippen molar-refractivity contribution in [1.82, 2.24) is 20.1 Å². The fraction of sp³-hybridized carbons (Fsp3) is 0.222. The smallest absolute Gasteiger partial charge is 0.271 e. The van der Waals surface area contributed by atoms with Gasteiger partial charge in [-0.15, -0.1) is 0 Å². The minimum Gasteiger partial charge on any atom is -0.492 e. The molecule has 2 aromatic carbocycles. The molecule has 2 aromatic heterocycles. The Bertz CT molecular complexity index is 1530. The van der Waals surface area contributed by atoms with Crippen LogP contribution in [0.15, 0.2) is 60.8 Å². The van der Waals surface area contributed by atoms with Gasteiger partial charge in [-0.05, 0) is 55.8 Å². The molecule has 182 valence electrons. The number of carbonyl (C=O) groups excluding carboxylic acids is 1. The largest absolute Gasteiger partial charge is 0.492 e. The summed E-state index contributed by atoms with van der Waals surface area (Å²) in [6.07, 6.45) is 6.28. The van der Waals surface area contributed by atoms with Crippen LogP contribution in [-0.4, -0.2) is 40.4 Å². The number of fused-ring (bicyclic) bond motifs is 3. The SMILES string of the molecule is COc1c(F)cccc1Nc1c2nn3c1C(=O)NC[C@H]3C/C=C\[C@@H](C)Oc1ccc3nccc-2c3c1. The van der Waals surface area contributed by atoms with Gasteiger partial charge in [0.15, 0.2) is 17.3 Å². The zero-order valence-electron chi connectivity index (χ0n) is 19.8. The molecule has 8 nitrogen and oxygen atoms in total. The Morgan fingerprint density at radius 3 is 3.00 bits per heavy atom. The van der Waals surface area contributed by atoms with Crippen molar-refractivity contribution < 1.29 is 18.7 Å². The molecule has 1 amide bonds. The van der Waals surface area contributed by atoms with Gasteiger partial charge in [-0.3, -0.25) is 14.5 Å². The molecule has 4 bridgehead atoms. The van der Waals surface area contributed by atoms with Crippen molar-refractivity contribution >= 4 is 28.2 Å². The van der Waals surface area contributed by atoms with Crippen LogP contribution in [0, 0.1) is 5.82 Å². The second kappa shape index (κ2) is 8.67. The monoisotopic (exact) mass is 485 g/mol. The van der Waals surface area contributed by atoms with E-state index in [4.69, 9.17) is 14.6 Å². The predicted molar refractivity (Wildman–Crippen MR) is 134 cm³/mol. The average Bonchev–Trinajstić information content (AvgIpc) is 3.25. The summed E-state index contributed by atoms with van der Waals surface area (Å²) in [6.45, 7) is 2.42. The molecule has 0 unspecified atom stereocenters. The van der Waals surface area contributed by atoms with E-state index >= 15 is 0 Å². The summed E-state index contributed by atoms with van der Waals surface area (Å²) in [7, 11) is 1.41. The third-order valence-electron chi connectivity index (χ3n) is 6.51. The van der Waals surface area contributed by atoms with Crippen molar-refractivity contribution in [1.29, 1.82) is 0 Å². The molecule has 0 aliphatic carbocycles. The second-order valence-electron chi connectivity index (χ2n) is 8.85. The lowest BCUT2D eigenvalue weighted by Crippen LogP contribution is -2.39. The summed E-state index contributed by atoms with van der Waals surface area (Å²) in [5.41, 5.74) is 3.33. The second-order valence-corrected chi connectivity index (χ2v) is 8.85. The normalized spacial score (nSPS) is 19.5. The number of amides is 1. The number of hydrogen-bond acceptors (Lipinski definition) is 6. The number of pyridine rings is 1. The summed E-state index contributed by atoms with van der Waals surface area (Å²) in [6, 6.07) is 12.1. The number of benzene rings is 2. The third-order valence-corrected chi connectivity index (χ3v) is 6.51. The van der Waals surface area contributed by atoms with Crippen molar-refractivity contribution in [2.75, 3.05) is 19.0 Å². The molecule has 0 saturated heterocycles. The highest BCUT2D eigenvalue weighted by molar-refractivity contribution is 6.06. The Morgan fingerprint density at radius 2 is 2.14 bits per heavy atom. The number of ether oxygens (including phenoxy) is 2. The molecule has 0 spiro atoms. The van der Waals surface area contributed by atoms with Gasteiger partial charge in [-0.25, -0.2) is 4.39 Å². The lowest BCUT2D eigenvalue weighted by molar-refractivity contribution is 0.0910. The number of rotatable bonds is 3. The van der Waals surface area contributed by atoms with Crippen molar-refractivity contribution in [3.63, 3.8) is 0 Å². The quantitative estimate of drug-likeness (QED) is 0.397. The van der Waals surface area contributed by atoms with Gasteiger partial charge in [-0.1, -0.05) is 12.1 Å². The minimum absolute atomic E-state index is 0.0535. The van der Waals surface area contributed by atoms with Crippen LogP contribution in [0.4, 0.5) is 15.8 Å². The van der Waals surface area contributed by atoms with Crippen LogP contribution in [0.3, 0.4) is 0 Å². The van der Waals surface area contributed by atoms with E-state index < -0.39 is 5.82 Å². The predicted octanol–water partition coefficient (Wildman–Crippen LogP) is 5.00. The van der Waals surface area contributed by atoms with E-state index in [1.165, 1.54) is 13.2 Å². The fourth-order valence-electron chi connectivity index (χ4n) is 4.82. The number of nitrogens with one attached hydrogen (secondary N) is 2. The topological polar surface area (TPSA) is 90.3 Å². The number of anilines is 2. The summed E-state index contributed by atoms with van der Waals surface area (Å²) in [4.78, 5) is 17.7. The third kappa shape index (κ3) is 3.64. The number of para-hydroxylation sites is 1. The molecular weight excluding hydrogens is 461 g/mol. The van der Waals surface area contributed by atoms with Gasteiger partial charge in [0, 0.05) is 23.7 Å². The van der Waals surface area contributed by atoms with Gasteiger partial charge in [0.1, 0.15) is 17.5 Å². The number of aromatic nitrogens is 3. The van der Waals surface area contributed by atoms with Crippen LogP contribution in [-0.2, 0) is 0 Å². The molecule has 0 radical (unpaired) electrons. The maximum absolute atomic E-state index is 14.5. The number of carbonyl (C=O) groups is 1. The summed E-state index contributed by atoms with van der Waals surface area (Å²) >= 11 is 0. The zero-order valence-corrected chi connectivity index (χ0v) is 19.8. The molecule has 4 heterocycles. The highest BCUT2D eigenvalue weighted by Gasteiger charge is 2.33. The van der Waals surface area contributed by atoms with E-state index in [0.29, 0.717) is 41.5 Å². The molecular formula is C27H24FN5O3. The minimum atomic E-state index is -0.509. The van der Waals surface area contributed by atoms with E-state index in [1.54, 1.807) is 23.0 Å². The Morgan fingerprint density at radius 1 is 1.25 bits per heavy atom. The average molecular weight is 486 g/mol.